The second kappa shape index (κ2) is 6.91. The SMILES string of the molecule is CC(C)SCc1noc(C(C)CCCN)n1. The van der Waals surface area contributed by atoms with Crippen molar-refractivity contribution in [1.29, 1.82) is 0 Å². The highest BCUT2D eigenvalue weighted by atomic mass is 32.2. The summed E-state index contributed by atoms with van der Waals surface area (Å²) in [7, 11) is 0. The Bertz CT molecular complexity index is 301. The van der Waals surface area contributed by atoms with Crippen molar-refractivity contribution < 1.29 is 4.52 Å². The van der Waals surface area contributed by atoms with Crippen LogP contribution in [0.25, 0.3) is 0 Å². The van der Waals surface area contributed by atoms with Gasteiger partial charge >= 0.3 is 0 Å². The van der Waals surface area contributed by atoms with Gasteiger partial charge in [0.25, 0.3) is 0 Å². The fraction of sp³-hybridized carbons (Fsp3) is 0.818. The summed E-state index contributed by atoms with van der Waals surface area (Å²) in [5.74, 6) is 2.68. The summed E-state index contributed by atoms with van der Waals surface area (Å²) in [4.78, 5) is 4.40. The van der Waals surface area contributed by atoms with E-state index in [9.17, 15) is 0 Å². The number of aromatic nitrogens is 2. The van der Waals surface area contributed by atoms with E-state index in [0.29, 0.717) is 17.7 Å². The Balaban J connectivity index is 2.43. The molecule has 1 atom stereocenters. The first-order valence-electron chi connectivity index (χ1n) is 5.77. The van der Waals surface area contributed by atoms with Gasteiger partial charge in [-0.1, -0.05) is 25.9 Å². The van der Waals surface area contributed by atoms with Gasteiger partial charge < -0.3 is 10.3 Å². The first-order valence-corrected chi connectivity index (χ1v) is 6.82. The van der Waals surface area contributed by atoms with Gasteiger partial charge in [-0.25, -0.2) is 0 Å². The summed E-state index contributed by atoms with van der Waals surface area (Å²) < 4.78 is 5.24. The molecule has 0 spiro atoms. The Morgan fingerprint density at radius 2 is 2.12 bits per heavy atom. The van der Waals surface area contributed by atoms with E-state index >= 15 is 0 Å². The maximum atomic E-state index is 5.47. The molecule has 1 aromatic heterocycles. The average Bonchev–Trinajstić information content (AvgIpc) is 2.71. The van der Waals surface area contributed by atoms with Gasteiger partial charge in [-0.05, 0) is 24.6 Å². The molecule has 1 heterocycles. The van der Waals surface area contributed by atoms with Crippen molar-refractivity contribution in [3.05, 3.63) is 11.7 Å². The van der Waals surface area contributed by atoms with Crippen molar-refractivity contribution in [2.45, 2.75) is 50.5 Å². The summed E-state index contributed by atoms with van der Waals surface area (Å²) in [6, 6.07) is 0. The summed E-state index contributed by atoms with van der Waals surface area (Å²) >= 11 is 1.82. The molecule has 2 N–H and O–H groups in total. The number of hydrogen-bond acceptors (Lipinski definition) is 5. The molecule has 0 aliphatic heterocycles. The van der Waals surface area contributed by atoms with Crippen LogP contribution in [-0.4, -0.2) is 21.9 Å². The van der Waals surface area contributed by atoms with Crippen LogP contribution in [-0.2, 0) is 5.75 Å². The number of nitrogens with two attached hydrogens (primary N) is 1. The van der Waals surface area contributed by atoms with Crippen LogP contribution in [0, 0.1) is 0 Å². The van der Waals surface area contributed by atoms with Crippen LogP contribution in [0.2, 0.25) is 0 Å². The predicted molar refractivity (Wildman–Crippen MR) is 67.4 cm³/mol. The third-order valence-corrected chi connectivity index (χ3v) is 3.38. The molecule has 16 heavy (non-hydrogen) atoms. The third-order valence-electron chi connectivity index (χ3n) is 2.29. The number of nitrogens with zero attached hydrogens (tertiary/aromatic N) is 2. The second-order valence-electron chi connectivity index (χ2n) is 4.24. The lowest BCUT2D eigenvalue weighted by molar-refractivity contribution is 0.349. The van der Waals surface area contributed by atoms with Crippen molar-refractivity contribution in [2.24, 2.45) is 5.73 Å². The van der Waals surface area contributed by atoms with E-state index in [-0.39, 0.29) is 0 Å². The van der Waals surface area contributed by atoms with E-state index in [1.54, 1.807) is 0 Å². The van der Waals surface area contributed by atoms with Gasteiger partial charge in [0.2, 0.25) is 5.89 Å². The Morgan fingerprint density at radius 3 is 2.75 bits per heavy atom. The smallest absolute Gasteiger partial charge is 0.229 e. The minimum Gasteiger partial charge on any atom is -0.339 e. The van der Waals surface area contributed by atoms with E-state index < -0.39 is 0 Å². The maximum absolute atomic E-state index is 5.47. The van der Waals surface area contributed by atoms with Crippen LogP contribution in [0.3, 0.4) is 0 Å². The molecule has 0 saturated carbocycles. The summed E-state index contributed by atoms with van der Waals surface area (Å²) in [6.07, 6.45) is 2.01. The summed E-state index contributed by atoms with van der Waals surface area (Å²) in [5.41, 5.74) is 5.47. The molecule has 0 bridgehead atoms. The molecule has 0 aliphatic carbocycles. The van der Waals surface area contributed by atoms with E-state index in [2.05, 4.69) is 30.9 Å². The molecule has 4 nitrogen and oxygen atoms in total. The number of thioether (sulfide) groups is 1. The Labute approximate surface area is 101 Å². The van der Waals surface area contributed by atoms with E-state index in [4.69, 9.17) is 10.3 Å². The van der Waals surface area contributed by atoms with Crippen LogP contribution < -0.4 is 5.73 Å². The summed E-state index contributed by atoms with van der Waals surface area (Å²) in [6.45, 7) is 7.14. The van der Waals surface area contributed by atoms with Gasteiger partial charge in [0.1, 0.15) is 0 Å². The molecule has 0 amide bonds. The first-order chi connectivity index (χ1) is 7.63. The first kappa shape index (κ1) is 13.5. The lowest BCUT2D eigenvalue weighted by atomic mass is 10.1. The molecule has 0 radical (unpaired) electrons. The van der Waals surface area contributed by atoms with Gasteiger partial charge in [0.05, 0.1) is 5.75 Å². The van der Waals surface area contributed by atoms with Crippen LogP contribution >= 0.6 is 11.8 Å². The van der Waals surface area contributed by atoms with E-state index in [1.807, 2.05) is 11.8 Å². The second-order valence-corrected chi connectivity index (χ2v) is 5.81. The highest BCUT2D eigenvalue weighted by Crippen LogP contribution is 2.20. The lowest BCUT2D eigenvalue weighted by Crippen LogP contribution is -2.02. The van der Waals surface area contributed by atoms with Crippen molar-refractivity contribution in [1.82, 2.24) is 10.1 Å². The van der Waals surface area contributed by atoms with Crippen molar-refractivity contribution in [3.63, 3.8) is 0 Å². The molecular formula is C11H21N3OS. The zero-order valence-corrected chi connectivity index (χ0v) is 11.1. The van der Waals surface area contributed by atoms with Gasteiger partial charge in [0.15, 0.2) is 5.82 Å². The largest absolute Gasteiger partial charge is 0.339 e. The molecule has 1 unspecified atom stereocenters. The fourth-order valence-corrected chi connectivity index (χ4v) is 1.91. The monoisotopic (exact) mass is 243 g/mol. The number of hydrogen-bond donors (Lipinski definition) is 1. The quantitative estimate of drug-likeness (QED) is 0.797. The molecule has 5 heteroatoms. The lowest BCUT2D eigenvalue weighted by Gasteiger charge is -2.03. The highest BCUT2D eigenvalue weighted by Gasteiger charge is 2.13. The van der Waals surface area contributed by atoms with Gasteiger partial charge in [0, 0.05) is 5.92 Å². The molecule has 92 valence electrons. The van der Waals surface area contributed by atoms with Crippen LogP contribution in [0.5, 0.6) is 0 Å². The highest BCUT2D eigenvalue weighted by molar-refractivity contribution is 7.99. The molecular weight excluding hydrogens is 222 g/mol. The Morgan fingerprint density at radius 1 is 1.38 bits per heavy atom. The van der Waals surface area contributed by atoms with Crippen molar-refractivity contribution in [3.8, 4) is 0 Å². The molecule has 0 saturated heterocycles. The van der Waals surface area contributed by atoms with Gasteiger partial charge in [-0.15, -0.1) is 0 Å². The van der Waals surface area contributed by atoms with Crippen LogP contribution in [0.15, 0.2) is 4.52 Å². The fourth-order valence-electron chi connectivity index (χ4n) is 1.31. The third kappa shape index (κ3) is 4.53. The van der Waals surface area contributed by atoms with Gasteiger partial charge in [-0.3, -0.25) is 0 Å². The number of rotatable bonds is 7. The molecule has 0 aliphatic rings. The van der Waals surface area contributed by atoms with Gasteiger partial charge in [-0.2, -0.15) is 16.7 Å². The zero-order chi connectivity index (χ0) is 12.0. The minimum absolute atomic E-state index is 0.314. The maximum Gasteiger partial charge on any atom is 0.229 e. The van der Waals surface area contributed by atoms with E-state index in [0.717, 1.165) is 30.3 Å². The Kier molecular flexibility index (Phi) is 5.84. The van der Waals surface area contributed by atoms with Crippen LogP contribution in [0.1, 0.15) is 51.2 Å². The standard InChI is InChI=1S/C11H21N3OS/c1-8(2)16-7-10-13-11(15-14-10)9(3)5-4-6-12/h8-9H,4-7,12H2,1-3H3. The molecule has 0 aromatic carbocycles. The predicted octanol–water partition coefficient (Wildman–Crippen LogP) is 2.55. The zero-order valence-electron chi connectivity index (χ0n) is 10.3. The van der Waals surface area contributed by atoms with Crippen LogP contribution in [0.4, 0.5) is 0 Å². The van der Waals surface area contributed by atoms with E-state index in [1.165, 1.54) is 0 Å². The van der Waals surface area contributed by atoms with Crippen molar-refractivity contribution >= 4 is 11.8 Å². The topological polar surface area (TPSA) is 64.9 Å². The minimum atomic E-state index is 0.314. The summed E-state index contributed by atoms with van der Waals surface area (Å²) in [5, 5.41) is 4.57. The average molecular weight is 243 g/mol. The Hall–Kier alpha value is -0.550. The molecule has 1 aromatic rings. The molecule has 0 fully saturated rings. The molecule has 1 rings (SSSR count). The normalized spacial score (nSPS) is 13.3. The van der Waals surface area contributed by atoms with Crippen molar-refractivity contribution in [2.75, 3.05) is 6.54 Å².